The Morgan fingerprint density at radius 2 is 2.32 bits per heavy atom. The van der Waals surface area contributed by atoms with Gasteiger partial charge in [0.05, 0.1) is 12.1 Å². The number of hydrogen-bond acceptors (Lipinski definition) is 4. The Morgan fingerprint density at radius 3 is 2.95 bits per heavy atom. The zero-order valence-corrected chi connectivity index (χ0v) is 13.1. The van der Waals surface area contributed by atoms with Crippen LogP contribution in [-0.2, 0) is 4.74 Å². The molecule has 1 aliphatic heterocycles. The molecule has 3 nitrogen and oxygen atoms in total. The first-order chi connectivity index (χ1) is 9.11. The van der Waals surface area contributed by atoms with Gasteiger partial charge in [0.25, 0.3) is 0 Å². The normalized spacial score (nSPS) is 24.9. The smallest absolute Gasteiger partial charge is 0.0674 e. The average molecular weight is 282 g/mol. The highest BCUT2D eigenvalue weighted by molar-refractivity contribution is 7.12. The first-order valence-electron chi connectivity index (χ1n) is 7.29. The molecular weight excluding hydrogens is 256 g/mol. The number of nitrogens with zero attached hydrogens (tertiary/aromatic N) is 1. The number of hydrogen-bond donors (Lipinski definition) is 1. The molecule has 0 spiro atoms. The second kappa shape index (κ2) is 6.84. The predicted octanol–water partition coefficient (Wildman–Crippen LogP) is 2.95. The van der Waals surface area contributed by atoms with Crippen LogP contribution >= 0.6 is 11.3 Å². The van der Waals surface area contributed by atoms with Crippen molar-refractivity contribution in [3.05, 3.63) is 21.9 Å². The fourth-order valence-electron chi connectivity index (χ4n) is 2.78. The number of ether oxygens (including phenoxy) is 1. The van der Waals surface area contributed by atoms with E-state index in [9.17, 15) is 0 Å². The Morgan fingerprint density at radius 1 is 1.53 bits per heavy atom. The van der Waals surface area contributed by atoms with Crippen molar-refractivity contribution in [2.24, 2.45) is 5.73 Å². The summed E-state index contributed by atoms with van der Waals surface area (Å²) >= 11 is 1.88. The molecule has 0 aromatic carbocycles. The van der Waals surface area contributed by atoms with Crippen LogP contribution in [0.5, 0.6) is 0 Å². The van der Waals surface area contributed by atoms with Crippen LogP contribution in [0.3, 0.4) is 0 Å². The molecule has 2 rings (SSSR count). The van der Waals surface area contributed by atoms with Gasteiger partial charge in [-0.1, -0.05) is 6.92 Å². The summed E-state index contributed by atoms with van der Waals surface area (Å²) in [5.74, 6) is 0. The lowest BCUT2D eigenvalue weighted by Crippen LogP contribution is -2.43. The third kappa shape index (κ3) is 3.78. The van der Waals surface area contributed by atoms with Gasteiger partial charge in [-0.3, -0.25) is 4.90 Å². The molecule has 0 radical (unpaired) electrons. The molecule has 3 unspecified atom stereocenters. The van der Waals surface area contributed by atoms with E-state index < -0.39 is 0 Å². The Hall–Kier alpha value is -0.420. The van der Waals surface area contributed by atoms with Crippen LogP contribution < -0.4 is 5.73 Å². The monoisotopic (exact) mass is 282 g/mol. The summed E-state index contributed by atoms with van der Waals surface area (Å²) in [6, 6.07) is 4.99. The Labute approximate surface area is 120 Å². The van der Waals surface area contributed by atoms with E-state index in [2.05, 4.69) is 37.8 Å². The van der Waals surface area contributed by atoms with E-state index in [0.717, 1.165) is 32.5 Å². The molecule has 3 atom stereocenters. The molecular formula is C15H26N2OS. The van der Waals surface area contributed by atoms with Crippen LogP contribution in [0.1, 0.15) is 42.5 Å². The molecule has 0 bridgehead atoms. The third-order valence-electron chi connectivity index (χ3n) is 3.81. The molecule has 2 heterocycles. The summed E-state index contributed by atoms with van der Waals surface area (Å²) < 4.78 is 5.76. The van der Waals surface area contributed by atoms with E-state index in [1.54, 1.807) is 0 Å². The van der Waals surface area contributed by atoms with E-state index in [1.165, 1.54) is 9.75 Å². The van der Waals surface area contributed by atoms with Crippen molar-refractivity contribution in [1.82, 2.24) is 4.90 Å². The molecule has 1 aromatic rings. The number of rotatable bonds is 4. The predicted molar refractivity (Wildman–Crippen MR) is 81.7 cm³/mol. The minimum atomic E-state index is 0.198. The first-order valence-corrected chi connectivity index (χ1v) is 8.11. The largest absolute Gasteiger partial charge is 0.377 e. The maximum atomic E-state index is 6.41. The van der Waals surface area contributed by atoms with E-state index in [-0.39, 0.29) is 6.04 Å². The third-order valence-corrected chi connectivity index (χ3v) is 4.88. The quantitative estimate of drug-likeness (QED) is 0.923. The molecule has 108 valence electrons. The van der Waals surface area contributed by atoms with Crippen molar-refractivity contribution in [2.45, 2.75) is 51.8 Å². The topological polar surface area (TPSA) is 38.5 Å². The van der Waals surface area contributed by atoms with Crippen molar-refractivity contribution in [3.63, 3.8) is 0 Å². The van der Waals surface area contributed by atoms with Gasteiger partial charge in [-0.15, -0.1) is 11.3 Å². The summed E-state index contributed by atoms with van der Waals surface area (Å²) in [7, 11) is 0. The van der Waals surface area contributed by atoms with E-state index >= 15 is 0 Å². The van der Waals surface area contributed by atoms with Gasteiger partial charge in [0.2, 0.25) is 0 Å². The number of aryl methyl sites for hydroxylation is 1. The van der Waals surface area contributed by atoms with Gasteiger partial charge in [-0.25, -0.2) is 0 Å². The van der Waals surface area contributed by atoms with Gasteiger partial charge in [-0.05, 0) is 38.8 Å². The first kappa shape index (κ1) is 15.0. The summed E-state index contributed by atoms with van der Waals surface area (Å²) in [6.45, 7) is 9.43. The van der Waals surface area contributed by atoms with Crippen LogP contribution in [0.4, 0.5) is 0 Å². The Kier molecular flexibility index (Phi) is 5.39. The highest BCUT2D eigenvalue weighted by Gasteiger charge is 2.29. The minimum absolute atomic E-state index is 0.198. The summed E-state index contributed by atoms with van der Waals surface area (Å²) in [4.78, 5) is 5.29. The van der Waals surface area contributed by atoms with Crippen molar-refractivity contribution in [2.75, 3.05) is 19.7 Å². The van der Waals surface area contributed by atoms with Crippen LogP contribution in [0, 0.1) is 6.92 Å². The standard InChI is InChI=1S/C15H26N2OS/c1-4-13(16)15(14-7-6-12(3)19-14)17-8-5-9-18-11(2)10-17/h6-7,11,13,15H,4-5,8-10,16H2,1-3H3. The average Bonchev–Trinajstić information content (AvgIpc) is 2.68. The minimum Gasteiger partial charge on any atom is -0.377 e. The summed E-state index contributed by atoms with van der Waals surface area (Å²) in [5, 5.41) is 0. The lowest BCUT2D eigenvalue weighted by Gasteiger charge is -2.34. The Balaban J connectivity index is 2.21. The van der Waals surface area contributed by atoms with Gasteiger partial charge < -0.3 is 10.5 Å². The molecule has 2 N–H and O–H groups in total. The molecule has 1 saturated heterocycles. The Bertz CT molecular complexity index is 393. The van der Waals surface area contributed by atoms with E-state index in [4.69, 9.17) is 10.5 Å². The zero-order valence-electron chi connectivity index (χ0n) is 12.3. The van der Waals surface area contributed by atoms with Crippen LogP contribution in [0.25, 0.3) is 0 Å². The summed E-state index contributed by atoms with van der Waals surface area (Å²) in [5.41, 5.74) is 6.41. The van der Waals surface area contributed by atoms with E-state index in [0.29, 0.717) is 12.1 Å². The number of nitrogens with two attached hydrogens (primary N) is 1. The maximum Gasteiger partial charge on any atom is 0.0674 e. The molecule has 0 aliphatic carbocycles. The zero-order chi connectivity index (χ0) is 13.8. The van der Waals surface area contributed by atoms with Crippen molar-refractivity contribution >= 4 is 11.3 Å². The van der Waals surface area contributed by atoms with Gasteiger partial charge in [0.15, 0.2) is 0 Å². The summed E-state index contributed by atoms with van der Waals surface area (Å²) in [6.07, 6.45) is 2.41. The maximum absolute atomic E-state index is 6.41. The highest BCUT2D eigenvalue weighted by Crippen LogP contribution is 2.31. The van der Waals surface area contributed by atoms with Gasteiger partial charge in [0, 0.05) is 35.5 Å². The van der Waals surface area contributed by atoms with Crippen LogP contribution in [-0.4, -0.2) is 36.7 Å². The number of thiophene rings is 1. The molecule has 0 saturated carbocycles. The van der Waals surface area contributed by atoms with Gasteiger partial charge in [0.1, 0.15) is 0 Å². The highest BCUT2D eigenvalue weighted by atomic mass is 32.1. The second-order valence-electron chi connectivity index (χ2n) is 5.50. The van der Waals surface area contributed by atoms with Crippen LogP contribution in [0.15, 0.2) is 12.1 Å². The SMILES string of the molecule is CCC(N)C(c1ccc(C)s1)N1CCCOC(C)C1. The van der Waals surface area contributed by atoms with E-state index in [1.807, 2.05) is 11.3 Å². The fourth-order valence-corrected chi connectivity index (χ4v) is 3.86. The molecule has 1 aromatic heterocycles. The lowest BCUT2D eigenvalue weighted by molar-refractivity contribution is 0.0579. The van der Waals surface area contributed by atoms with Gasteiger partial charge >= 0.3 is 0 Å². The molecule has 0 amide bonds. The molecule has 19 heavy (non-hydrogen) atoms. The van der Waals surface area contributed by atoms with Crippen molar-refractivity contribution in [3.8, 4) is 0 Å². The van der Waals surface area contributed by atoms with Gasteiger partial charge in [-0.2, -0.15) is 0 Å². The second-order valence-corrected chi connectivity index (χ2v) is 6.81. The molecule has 1 fully saturated rings. The molecule has 4 heteroatoms. The van der Waals surface area contributed by atoms with Crippen LogP contribution in [0.2, 0.25) is 0 Å². The van der Waals surface area contributed by atoms with Crippen molar-refractivity contribution in [1.29, 1.82) is 0 Å². The molecule has 1 aliphatic rings. The fraction of sp³-hybridized carbons (Fsp3) is 0.733. The van der Waals surface area contributed by atoms with Crippen molar-refractivity contribution < 1.29 is 4.74 Å². The lowest BCUT2D eigenvalue weighted by atomic mass is 10.0.